The highest BCUT2D eigenvalue weighted by Gasteiger charge is 2.28. The van der Waals surface area contributed by atoms with Gasteiger partial charge in [0.05, 0.1) is 11.6 Å². The summed E-state index contributed by atoms with van der Waals surface area (Å²) in [5, 5.41) is 17.6. The number of ether oxygens (including phenoxy) is 2. The molecular weight excluding hydrogens is 442 g/mol. The van der Waals surface area contributed by atoms with E-state index in [0.29, 0.717) is 46.2 Å². The van der Waals surface area contributed by atoms with Crippen LogP contribution < -0.4 is 20.2 Å². The molecular formula is C24H21N3O7. The summed E-state index contributed by atoms with van der Waals surface area (Å²) in [6, 6.07) is 9.87. The molecule has 1 amide bonds. The SMILES string of the molecule is Cc1noc(CCNC(=O)C[C@H](c2cc3c(cc2O)OCO3)c2coc3ccccc3c2=O)n1. The highest BCUT2D eigenvalue weighted by Crippen LogP contribution is 2.42. The number of hydrogen-bond acceptors (Lipinski definition) is 9. The number of aromatic nitrogens is 2. The van der Waals surface area contributed by atoms with E-state index >= 15 is 0 Å². The predicted octanol–water partition coefficient (Wildman–Crippen LogP) is 2.80. The Bertz CT molecular complexity index is 1430. The van der Waals surface area contributed by atoms with Crippen LogP contribution in [0.25, 0.3) is 11.0 Å². The molecule has 10 nitrogen and oxygen atoms in total. The Morgan fingerprint density at radius 2 is 1.97 bits per heavy atom. The first-order valence-corrected chi connectivity index (χ1v) is 10.7. The maximum atomic E-state index is 13.3. The van der Waals surface area contributed by atoms with Crippen LogP contribution in [0.3, 0.4) is 0 Å². The van der Waals surface area contributed by atoms with Crippen LogP contribution in [0.4, 0.5) is 0 Å². The van der Waals surface area contributed by atoms with Gasteiger partial charge in [-0.1, -0.05) is 17.3 Å². The number of nitrogens with one attached hydrogen (secondary N) is 1. The molecule has 0 unspecified atom stereocenters. The highest BCUT2D eigenvalue weighted by atomic mass is 16.7. The summed E-state index contributed by atoms with van der Waals surface area (Å²) >= 11 is 0. The number of carbonyl (C=O) groups excluding carboxylic acids is 1. The number of aryl methyl sites for hydroxylation is 1. The minimum Gasteiger partial charge on any atom is -0.508 e. The fraction of sp³-hybridized carbons (Fsp3) is 0.250. The van der Waals surface area contributed by atoms with Gasteiger partial charge in [0.15, 0.2) is 22.8 Å². The summed E-state index contributed by atoms with van der Waals surface area (Å²) in [7, 11) is 0. The van der Waals surface area contributed by atoms with Crippen molar-refractivity contribution in [2.45, 2.75) is 25.7 Å². The molecule has 2 aromatic heterocycles. The average molecular weight is 463 g/mol. The van der Waals surface area contributed by atoms with Gasteiger partial charge in [0.25, 0.3) is 0 Å². The van der Waals surface area contributed by atoms with Gasteiger partial charge >= 0.3 is 0 Å². The second-order valence-corrected chi connectivity index (χ2v) is 7.87. The second kappa shape index (κ2) is 8.89. The van der Waals surface area contributed by atoms with Crippen LogP contribution in [-0.2, 0) is 11.2 Å². The van der Waals surface area contributed by atoms with Crippen molar-refractivity contribution in [3.63, 3.8) is 0 Å². The minimum absolute atomic E-state index is 0.0244. The molecule has 2 aromatic carbocycles. The van der Waals surface area contributed by atoms with Crippen LogP contribution >= 0.6 is 0 Å². The van der Waals surface area contributed by atoms with Gasteiger partial charge in [-0.05, 0) is 25.1 Å². The Kier molecular flexibility index (Phi) is 5.62. The van der Waals surface area contributed by atoms with E-state index in [1.165, 1.54) is 12.3 Å². The maximum Gasteiger partial charge on any atom is 0.231 e. The highest BCUT2D eigenvalue weighted by molar-refractivity contribution is 5.80. The lowest BCUT2D eigenvalue weighted by molar-refractivity contribution is -0.121. The van der Waals surface area contributed by atoms with Gasteiger partial charge < -0.3 is 28.8 Å². The zero-order valence-electron chi connectivity index (χ0n) is 18.2. The molecule has 0 fully saturated rings. The van der Waals surface area contributed by atoms with Gasteiger partial charge in [-0.2, -0.15) is 4.98 Å². The van der Waals surface area contributed by atoms with Crippen LogP contribution in [0.5, 0.6) is 17.2 Å². The standard InChI is InChI=1S/C24H21N3O7/c1-13-26-23(34-27-13)6-7-25-22(29)9-15(16-8-20-21(10-18(16)28)33-12-32-20)17-11-31-19-5-3-2-4-14(19)24(17)30/h2-5,8,10-11,15,28H,6-7,9,12H2,1H3,(H,25,29)/t15-/m1/s1. The number of nitrogens with zero attached hydrogens (tertiary/aromatic N) is 2. The quantitative estimate of drug-likeness (QED) is 0.424. The van der Waals surface area contributed by atoms with Gasteiger partial charge in [-0.15, -0.1) is 0 Å². The summed E-state index contributed by atoms with van der Waals surface area (Å²) in [6.07, 6.45) is 1.59. The van der Waals surface area contributed by atoms with E-state index in [1.54, 1.807) is 37.3 Å². The smallest absolute Gasteiger partial charge is 0.231 e. The Labute approximate surface area is 193 Å². The maximum absolute atomic E-state index is 13.3. The van der Waals surface area contributed by atoms with Gasteiger partial charge in [0, 0.05) is 42.5 Å². The molecule has 1 aliphatic rings. The van der Waals surface area contributed by atoms with Crippen LogP contribution in [0.15, 0.2) is 56.4 Å². The number of phenolic OH excluding ortho intramolecular Hbond substituents is 1. The lowest BCUT2D eigenvalue weighted by atomic mass is 9.87. The summed E-state index contributed by atoms with van der Waals surface area (Å²) in [5.74, 6) is 0.517. The molecule has 3 heterocycles. The van der Waals surface area contributed by atoms with Gasteiger partial charge in [-0.25, -0.2) is 0 Å². The monoisotopic (exact) mass is 463 g/mol. The zero-order valence-corrected chi connectivity index (χ0v) is 18.2. The van der Waals surface area contributed by atoms with Gasteiger partial charge in [0.1, 0.15) is 11.3 Å². The molecule has 5 rings (SSSR count). The van der Waals surface area contributed by atoms with Crippen molar-refractivity contribution in [2.75, 3.05) is 13.3 Å². The molecule has 1 aliphatic heterocycles. The van der Waals surface area contributed by atoms with Crippen molar-refractivity contribution in [3.05, 3.63) is 75.7 Å². The molecule has 174 valence electrons. The Morgan fingerprint density at radius 1 is 1.18 bits per heavy atom. The number of phenols is 1. The van der Waals surface area contributed by atoms with E-state index in [4.69, 9.17) is 18.4 Å². The van der Waals surface area contributed by atoms with E-state index < -0.39 is 5.92 Å². The zero-order chi connectivity index (χ0) is 23.7. The lowest BCUT2D eigenvalue weighted by Gasteiger charge is -2.19. The first-order valence-electron chi connectivity index (χ1n) is 10.7. The molecule has 0 saturated carbocycles. The molecule has 0 saturated heterocycles. The number of fused-ring (bicyclic) bond motifs is 2. The van der Waals surface area contributed by atoms with Gasteiger partial charge in [-0.3, -0.25) is 9.59 Å². The Balaban J connectivity index is 1.46. The molecule has 0 radical (unpaired) electrons. The van der Waals surface area contributed by atoms with Crippen molar-refractivity contribution in [1.82, 2.24) is 15.5 Å². The van der Waals surface area contributed by atoms with E-state index in [9.17, 15) is 14.7 Å². The van der Waals surface area contributed by atoms with E-state index in [2.05, 4.69) is 15.5 Å². The minimum atomic E-state index is -0.791. The third-order valence-corrected chi connectivity index (χ3v) is 5.60. The van der Waals surface area contributed by atoms with Crippen molar-refractivity contribution >= 4 is 16.9 Å². The second-order valence-electron chi connectivity index (χ2n) is 7.87. The third-order valence-electron chi connectivity index (χ3n) is 5.60. The Hall–Kier alpha value is -4.34. The summed E-state index contributed by atoms with van der Waals surface area (Å²) < 4.78 is 21.5. The number of aromatic hydroxyl groups is 1. The first kappa shape index (κ1) is 21.5. The van der Waals surface area contributed by atoms with Crippen molar-refractivity contribution in [3.8, 4) is 17.2 Å². The van der Waals surface area contributed by atoms with Crippen LogP contribution in [-0.4, -0.2) is 34.5 Å². The Morgan fingerprint density at radius 3 is 2.76 bits per heavy atom. The fourth-order valence-corrected chi connectivity index (χ4v) is 3.95. The number of benzene rings is 2. The number of carbonyl (C=O) groups is 1. The third kappa shape index (κ3) is 4.17. The van der Waals surface area contributed by atoms with Crippen LogP contribution in [0, 0.1) is 6.92 Å². The molecule has 34 heavy (non-hydrogen) atoms. The molecule has 1 atom stereocenters. The van der Waals surface area contributed by atoms with Crippen molar-refractivity contribution in [1.29, 1.82) is 0 Å². The largest absolute Gasteiger partial charge is 0.508 e. The van der Waals surface area contributed by atoms with E-state index in [-0.39, 0.29) is 42.4 Å². The molecule has 10 heteroatoms. The molecule has 4 aromatic rings. The first-order chi connectivity index (χ1) is 16.5. The summed E-state index contributed by atoms with van der Waals surface area (Å²) in [4.78, 5) is 30.3. The fourth-order valence-electron chi connectivity index (χ4n) is 3.95. The molecule has 0 bridgehead atoms. The molecule has 2 N–H and O–H groups in total. The summed E-state index contributed by atoms with van der Waals surface area (Å²) in [5.41, 5.74) is 0.757. The molecule has 0 aliphatic carbocycles. The number of amides is 1. The van der Waals surface area contributed by atoms with Gasteiger partial charge in [0.2, 0.25) is 18.6 Å². The normalized spacial score (nSPS) is 13.2. The molecule has 0 spiro atoms. The van der Waals surface area contributed by atoms with Crippen molar-refractivity contribution in [2.24, 2.45) is 0 Å². The van der Waals surface area contributed by atoms with E-state index in [1.807, 2.05) is 0 Å². The van der Waals surface area contributed by atoms with E-state index in [0.717, 1.165) is 0 Å². The average Bonchev–Trinajstić information content (AvgIpc) is 3.46. The lowest BCUT2D eigenvalue weighted by Crippen LogP contribution is -2.28. The van der Waals surface area contributed by atoms with Crippen molar-refractivity contribution < 1.29 is 28.3 Å². The van der Waals surface area contributed by atoms with Crippen LogP contribution in [0.2, 0.25) is 0 Å². The topological polar surface area (TPSA) is 137 Å². The number of para-hydroxylation sites is 1. The number of rotatable bonds is 7. The van der Waals surface area contributed by atoms with Crippen LogP contribution in [0.1, 0.15) is 35.2 Å². The summed E-state index contributed by atoms with van der Waals surface area (Å²) in [6.45, 7) is 2.01. The number of hydrogen-bond donors (Lipinski definition) is 2. The predicted molar refractivity (Wildman–Crippen MR) is 119 cm³/mol.